The van der Waals surface area contributed by atoms with Crippen molar-refractivity contribution in [1.82, 2.24) is 0 Å². The number of ether oxygens (including phenoxy) is 1. The Bertz CT molecular complexity index is 148. The molecule has 0 aliphatic heterocycles. The Morgan fingerprint density at radius 3 is 2.55 bits per heavy atom. The van der Waals surface area contributed by atoms with Crippen LogP contribution in [0.4, 0.5) is 0 Å². The molecule has 62 valence electrons. The highest BCUT2D eigenvalue weighted by atomic mass is 16.5. The Morgan fingerprint density at radius 2 is 1.91 bits per heavy atom. The Kier molecular flexibility index (Phi) is 3.81. The van der Waals surface area contributed by atoms with Gasteiger partial charge in [0.05, 0.1) is 13.4 Å². The summed E-state index contributed by atoms with van der Waals surface area (Å²) in [5, 5.41) is 0. The van der Waals surface area contributed by atoms with Crippen molar-refractivity contribution in [2.24, 2.45) is 0 Å². The van der Waals surface area contributed by atoms with Crippen LogP contribution >= 0.6 is 0 Å². The fourth-order valence-corrected chi connectivity index (χ4v) is 1.43. The van der Waals surface area contributed by atoms with Gasteiger partial charge in [-0.05, 0) is 31.8 Å². The average Bonchev–Trinajstić information content (AvgIpc) is 2.07. The van der Waals surface area contributed by atoms with Gasteiger partial charge in [0, 0.05) is 0 Å². The molecule has 0 aromatic carbocycles. The van der Waals surface area contributed by atoms with E-state index >= 15 is 0 Å². The largest absolute Gasteiger partial charge is 0.504 e. The highest BCUT2D eigenvalue weighted by Crippen LogP contribution is 2.22. The van der Waals surface area contributed by atoms with Crippen molar-refractivity contribution in [1.29, 1.82) is 0 Å². The van der Waals surface area contributed by atoms with Crippen LogP contribution in [0.5, 0.6) is 0 Å². The molecule has 1 aliphatic carbocycles. The standard InChI is InChI=1S/C10H16O/c1-11-9-5-8-10-6-3-2-4-7-10/h5,8-9H,2-4,6-7H2,1H3/b9-5+. The van der Waals surface area contributed by atoms with Crippen LogP contribution in [0.2, 0.25) is 0 Å². The van der Waals surface area contributed by atoms with E-state index in [1.807, 2.05) is 6.08 Å². The first-order valence-corrected chi connectivity index (χ1v) is 4.31. The molecule has 0 heterocycles. The smallest absolute Gasteiger partial charge is 0.0824 e. The predicted molar refractivity (Wildman–Crippen MR) is 47.3 cm³/mol. The molecule has 0 aromatic rings. The Balaban J connectivity index is 2.31. The molecular weight excluding hydrogens is 136 g/mol. The van der Waals surface area contributed by atoms with Crippen molar-refractivity contribution in [3.63, 3.8) is 0 Å². The lowest BCUT2D eigenvalue weighted by molar-refractivity contribution is 0.338. The summed E-state index contributed by atoms with van der Waals surface area (Å²) >= 11 is 0. The van der Waals surface area contributed by atoms with Crippen molar-refractivity contribution < 1.29 is 4.74 Å². The van der Waals surface area contributed by atoms with Crippen molar-refractivity contribution >= 4 is 0 Å². The molecule has 1 saturated carbocycles. The van der Waals surface area contributed by atoms with E-state index in [4.69, 9.17) is 4.74 Å². The first-order chi connectivity index (χ1) is 5.43. The van der Waals surface area contributed by atoms with Gasteiger partial charge in [0.2, 0.25) is 0 Å². The number of allylic oxidation sites excluding steroid dienone is 3. The minimum atomic E-state index is 1.29. The van der Waals surface area contributed by atoms with Gasteiger partial charge >= 0.3 is 0 Å². The van der Waals surface area contributed by atoms with Gasteiger partial charge in [-0.3, -0.25) is 0 Å². The molecule has 0 saturated heterocycles. The monoisotopic (exact) mass is 152 g/mol. The average molecular weight is 152 g/mol. The quantitative estimate of drug-likeness (QED) is 0.552. The van der Waals surface area contributed by atoms with Gasteiger partial charge in [0.1, 0.15) is 0 Å². The summed E-state index contributed by atoms with van der Waals surface area (Å²) in [6, 6.07) is 0. The summed E-state index contributed by atoms with van der Waals surface area (Å²) in [7, 11) is 1.68. The van der Waals surface area contributed by atoms with Gasteiger partial charge in [0.15, 0.2) is 0 Å². The lowest BCUT2D eigenvalue weighted by Gasteiger charge is -2.11. The normalized spacial score (nSPS) is 18.8. The number of hydrogen-bond acceptors (Lipinski definition) is 1. The van der Waals surface area contributed by atoms with E-state index in [-0.39, 0.29) is 0 Å². The first kappa shape index (κ1) is 8.38. The molecule has 1 aliphatic rings. The van der Waals surface area contributed by atoms with Crippen LogP contribution in [0.3, 0.4) is 0 Å². The summed E-state index contributed by atoms with van der Waals surface area (Å²) in [4.78, 5) is 0. The molecule has 0 amide bonds. The maximum atomic E-state index is 4.81. The van der Waals surface area contributed by atoms with E-state index in [1.165, 1.54) is 32.1 Å². The topological polar surface area (TPSA) is 9.23 Å². The van der Waals surface area contributed by atoms with Crippen molar-refractivity contribution in [2.45, 2.75) is 32.1 Å². The van der Waals surface area contributed by atoms with E-state index in [1.54, 1.807) is 18.9 Å². The highest BCUT2D eigenvalue weighted by molar-refractivity contribution is 5.12. The zero-order valence-electron chi connectivity index (χ0n) is 7.18. The summed E-state index contributed by atoms with van der Waals surface area (Å²) < 4.78 is 4.81. The summed E-state index contributed by atoms with van der Waals surface area (Å²) in [6.07, 6.45) is 12.6. The molecule has 0 unspecified atom stereocenters. The molecule has 0 aromatic heterocycles. The molecule has 0 bridgehead atoms. The third-order valence-corrected chi connectivity index (χ3v) is 2.04. The van der Waals surface area contributed by atoms with Crippen LogP contribution < -0.4 is 0 Å². The van der Waals surface area contributed by atoms with E-state index in [0.717, 1.165) is 0 Å². The van der Waals surface area contributed by atoms with Crippen molar-refractivity contribution in [2.75, 3.05) is 7.11 Å². The van der Waals surface area contributed by atoms with E-state index in [0.29, 0.717) is 0 Å². The van der Waals surface area contributed by atoms with E-state index in [2.05, 4.69) is 6.08 Å². The predicted octanol–water partition coefficient (Wildman–Crippen LogP) is 3.04. The van der Waals surface area contributed by atoms with Gasteiger partial charge in [-0.25, -0.2) is 0 Å². The molecule has 0 spiro atoms. The van der Waals surface area contributed by atoms with E-state index < -0.39 is 0 Å². The van der Waals surface area contributed by atoms with Crippen LogP contribution in [-0.2, 0) is 4.74 Å². The molecule has 1 nitrogen and oxygen atoms in total. The summed E-state index contributed by atoms with van der Waals surface area (Å²) in [5.74, 6) is 0. The molecule has 0 radical (unpaired) electrons. The van der Waals surface area contributed by atoms with Crippen LogP contribution in [0, 0.1) is 0 Å². The van der Waals surface area contributed by atoms with Crippen LogP contribution in [0.15, 0.2) is 24.0 Å². The fourth-order valence-electron chi connectivity index (χ4n) is 1.43. The highest BCUT2D eigenvalue weighted by Gasteiger charge is 2.02. The second-order valence-corrected chi connectivity index (χ2v) is 2.95. The Morgan fingerprint density at radius 1 is 1.18 bits per heavy atom. The molecule has 11 heavy (non-hydrogen) atoms. The van der Waals surface area contributed by atoms with Crippen molar-refractivity contribution in [3.05, 3.63) is 24.0 Å². The van der Waals surface area contributed by atoms with Gasteiger partial charge in [0.25, 0.3) is 0 Å². The SMILES string of the molecule is CO/C=C/C=C1CCCCC1. The first-order valence-electron chi connectivity index (χ1n) is 4.31. The number of rotatable bonds is 2. The number of methoxy groups -OCH3 is 1. The summed E-state index contributed by atoms with van der Waals surface area (Å²) in [5.41, 5.74) is 1.57. The Labute approximate surface area is 68.8 Å². The Hall–Kier alpha value is -0.720. The van der Waals surface area contributed by atoms with Gasteiger partial charge < -0.3 is 4.74 Å². The lowest BCUT2D eigenvalue weighted by Crippen LogP contribution is -1.92. The summed E-state index contributed by atoms with van der Waals surface area (Å²) in [6.45, 7) is 0. The molecule has 1 rings (SSSR count). The lowest BCUT2D eigenvalue weighted by atomic mass is 9.95. The van der Waals surface area contributed by atoms with Crippen LogP contribution in [0.25, 0.3) is 0 Å². The maximum Gasteiger partial charge on any atom is 0.0824 e. The van der Waals surface area contributed by atoms with Crippen LogP contribution in [-0.4, -0.2) is 7.11 Å². The minimum absolute atomic E-state index is 1.29. The molecule has 0 N–H and O–H groups in total. The van der Waals surface area contributed by atoms with Gasteiger partial charge in [-0.1, -0.05) is 18.1 Å². The maximum absolute atomic E-state index is 4.81. The zero-order chi connectivity index (χ0) is 7.94. The molecular formula is C10H16O. The van der Waals surface area contributed by atoms with Crippen LogP contribution in [0.1, 0.15) is 32.1 Å². The fraction of sp³-hybridized carbons (Fsp3) is 0.600. The molecule has 1 heteroatoms. The third-order valence-electron chi connectivity index (χ3n) is 2.04. The van der Waals surface area contributed by atoms with Gasteiger partial charge in [-0.2, -0.15) is 0 Å². The molecule has 0 atom stereocenters. The number of hydrogen-bond donors (Lipinski definition) is 0. The third kappa shape index (κ3) is 3.26. The minimum Gasteiger partial charge on any atom is -0.504 e. The molecule has 1 fully saturated rings. The van der Waals surface area contributed by atoms with Crippen molar-refractivity contribution in [3.8, 4) is 0 Å². The second-order valence-electron chi connectivity index (χ2n) is 2.95. The van der Waals surface area contributed by atoms with Gasteiger partial charge in [-0.15, -0.1) is 0 Å². The second kappa shape index (κ2) is 5.00. The van der Waals surface area contributed by atoms with E-state index in [9.17, 15) is 0 Å². The zero-order valence-corrected chi connectivity index (χ0v) is 7.18.